The van der Waals surface area contributed by atoms with Gasteiger partial charge >= 0.3 is 0 Å². The van der Waals surface area contributed by atoms with E-state index in [-0.39, 0.29) is 0 Å². The first-order valence-corrected chi connectivity index (χ1v) is 17.7. The van der Waals surface area contributed by atoms with E-state index in [2.05, 4.69) is 156 Å². The zero-order valence-corrected chi connectivity index (χ0v) is 26.8. The highest BCUT2D eigenvalue weighted by molar-refractivity contribution is 7.37. The van der Waals surface area contributed by atoms with Crippen molar-refractivity contribution in [3.05, 3.63) is 152 Å². The number of hydrogen-bond donors (Lipinski definition) is 0. The van der Waals surface area contributed by atoms with Crippen molar-refractivity contribution >= 4 is 106 Å². The summed E-state index contributed by atoms with van der Waals surface area (Å²) in [5.41, 5.74) is 6.41. The predicted molar refractivity (Wildman–Crippen MR) is 207 cm³/mol. The van der Waals surface area contributed by atoms with E-state index in [0.717, 1.165) is 0 Å². The summed E-state index contributed by atoms with van der Waals surface area (Å²) in [5, 5.41) is 12.8. The number of hydrogen-bond acceptors (Lipinski definition) is 2. The van der Waals surface area contributed by atoms with Gasteiger partial charge in [0.15, 0.2) is 0 Å². The average molecular weight is 632 g/mol. The van der Waals surface area contributed by atoms with Gasteiger partial charge in [0.25, 0.3) is 0 Å². The highest BCUT2D eigenvalue weighted by Gasteiger charge is 2.25. The Balaban J connectivity index is 1.38. The maximum Gasteiger partial charge on any atom is 0.0829 e. The molecule has 0 unspecified atom stereocenters. The highest BCUT2D eigenvalue weighted by Crippen LogP contribution is 2.52. The molecule has 8 aromatic carbocycles. The number of rotatable bonds is 2. The molecule has 11 aromatic rings. The van der Waals surface area contributed by atoms with Crippen LogP contribution in [-0.4, -0.2) is 4.57 Å². The van der Waals surface area contributed by atoms with Crippen molar-refractivity contribution in [2.24, 2.45) is 0 Å². The van der Waals surface area contributed by atoms with Crippen LogP contribution in [0.15, 0.2) is 152 Å². The molecule has 0 aliphatic heterocycles. The molecule has 0 saturated carbocycles. The maximum atomic E-state index is 2.63. The lowest BCUT2D eigenvalue weighted by Crippen LogP contribution is -1.99. The zero-order chi connectivity index (χ0) is 30.6. The van der Waals surface area contributed by atoms with E-state index < -0.39 is 0 Å². The van der Waals surface area contributed by atoms with Crippen molar-refractivity contribution in [1.82, 2.24) is 4.57 Å². The third-order valence-electron chi connectivity index (χ3n) is 9.94. The molecule has 0 spiro atoms. The lowest BCUT2D eigenvalue weighted by atomic mass is 9.89. The second-order valence-corrected chi connectivity index (χ2v) is 14.5. The Hall–Kier alpha value is -5.48. The molecule has 0 N–H and O–H groups in total. The van der Waals surface area contributed by atoms with Crippen molar-refractivity contribution in [1.29, 1.82) is 0 Å². The molecular formula is C44H25NS2. The van der Waals surface area contributed by atoms with Gasteiger partial charge in [-0.25, -0.2) is 0 Å². The molecule has 11 rings (SSSR count). The summed E-state index contributed by atoms with van der Waals surface area (Å²) in [6.07, 6.45) is 0. The minimum absolute atomic E-state index is 1.25. The van der Waals surface area contributed by atoms with Crippen LogP contribution in [0.3, 0.4) is 0 Å². The van der Waals surface area contributed by atoms with Crippen molar-refractivity contribution in [3.8, 4) is 16.8 Å². The first kappa shape index (κ1) is 25.7. The largest absolute Gasteiger partial charge is 0.305 e. The fraction of sp³-hybridized carbons (Fsp3) is 0. The van der Waals surface area contributed by atoms with E-state index in [1.807, 2.05) is 22.7 Å². The van der Waals surface area contributed by atoms with Gasteiger partial charge in [0, 0.05) is 31.6 Å². The fourth-order valence-electron chi connectivity index (χ4n) is 7.93. The minimum Gasteiger partial charge on any atom is -0.305 e. The Labute approximate surface area is 278 Å². The van der Waals surface area contributed by atoms with Crippen LogP contribution in [0.25, 0.3) is 101 Å². The second-order valence-electron chi connectivity index (χ2n) is 12.4. The first-order chi connectivity index (χ1) is 23.3. The van der Waals surface area contributed by atoms with Crippen LogP contribution in [0, 0.1) is 0 Å². The molecule has 0 saturated heterocycles. The molecule has 3 aromatic heterocycles. The Morgan fingerprint density at radius 3 is 1.72 bits per heavy atom. The van der Waals surface area contributed by atoms with Gasteiger partial charge in [-0.15, -0.1) is 22.7 Å². The van der Waals surface area contributed by atoms with Crippen LogP contribution < -0.4 is 0 Å². The summed E-state index contributed by atoms with van der Waals surface area (Å²) in [6, 6.07) is 56.1. The van der Waals surface area contributed by atoms with Gasteiger partial charge in [-0.05, 0) is 50.2 Å². The molecule has 0 aliphatic rings. The highest BCUT2D eigenvalue weighted by atomic mass is 32.1. The SMILES string of the molecule is c1ccc2cc(-c3c4ccccc4c(-n4c5c6ccccc6ccc5c5sc6c7ccccc7sc6c54)c4ccccc34)ccc2c1. The molecule has 3 heterocycles. The van der Waals surface area contributed by atoms with Gasteiger partial charge in [-0.2, -0.15) is 0 Å². The number of fused-ring (bicyclic) bond motifs is 12. The van der Waals surface area contributed by atoms with Gasteiger partial charge in [0.05, 0.1) is 30.8 Å². The van der Waals surface area contributed by atoms with Crippen molar-refractivity contribution in [2.45, 2.75) is 0 Å². The molecule has 0 radical (unpaired) electrons. The van der Waals surface area contributed by atoms with E-state index in [1.165, 1.54) is 101 Å². The molecule has 218 valence electrons. The lowest BCUT2D eigenvalue weighted by Gasteiger charge is -2.20. The standard InChI is InChI=1S/C44H25NS2/c1-2-13-28-25-29(22-21-26(28)11-1)38-31-15-5-7-17-33(31)40(34-18-8-6-16-32(34)38)45-39-30-14-4-3-12-27(30)23-24-36(39)42-41(45)44-43(47-42)35-19-9-10-20-37(35)46-44/h1-25H. The van der Waals surface area contributed by atoms with Crippen LogP contribution >= 0.6 is 22.7 Å². The van der Waals surface area contributed by atoms with Crippen LogP contribution in [0.2, 0.25) is 0 Å². The molecule has 0 atom stereocenters. The second kappa shape index (κ2) is 9.52. The molecule has 3 heteroatoms. The Kier molecular flexibility index (Phi) is 5.20. The maximum absolute atomic E-state index is 2.63. The Morgan fingerprint density at radius 2 is 0.957 bits per heavy atom. The molecule has 0 fully saturated rings. The van der Waals surface area contributed by atoms with Crippen molar-refractivity contribution in [3.63, 3.8) is 0 Å². The van der Waals surface area contributed by atoms with E-state index in [1.54, 1.807) is 0 Å². The van der Waals surface area contributed by atoms with E-state index in [0.29, 0.717) is 0 Å². The fourth-order valence-corrected chi connectivity index (χ4v) is 10.7. The molecule has 0 aliphatic carbocycles. The van der Waals surface area contributed by atoms with Gasteiger partial charge in [0.1, 0.15) is 0 Å². The van der Waals surface area contributed by atoms with Crippen LogP contribution in [0.5, 0.6) is 0 Å². The third kappa shape index (κ3) is 3.48. The summed E-state index contributed by atoms with van der Waals surface area (Å²) in [7, 11) is 0. The van der Waals surface area contributed by atoms with Crippen LogP contribution in [0.1, 0.15) is 0 Å². The molecular weight excluding hydrogens is 607 g/mol. The quantitative estimate of drug-likeness (QED) is 0.167. The Bertz CT molecular complexity index is 3020. The monoisotopic (exact) mass is 631 g/mol. The summed E-state index contributed by atoms with van der Waals surface area (Å²) in [5.74, 6) is 0. The van der Waals surface area contributed by atoms with Crippen LogP contribution in [-0.2, 0) is 0 Å². The molecule has 0 bridgehead atoms. The number of benzene rings is 8. The summed E-state index contributed by atoms with van der Waals surface area (Å²) < 4.78 is 8.11. The molecule has 47 heavy (non-hydrogen) atoms. The summed E-state index contributed by atoms with van der Waals surface area (Å²) in [6.45, 7) is 0. The van der Waals surface area contributed by atoms with Crippen molar-refractivity contribution in [2.75, 3.05) is 0 Å². The average Bonchev–Trinajstić information content (AvgIpc) is 3.78. The Morgan fingerprint density at radius 1 is 0.362 bits per heavy atom. The first-order valence-electron chi connectivity index (χ1n) is 16.0. The van der Waals surface area contributed by atoms with Gasteiger partial charge in [-0.3, -0.25) is 0 Å². The normalized spacial score (nSPS) is 12.3. The number of aromatic nitrogens is 1. The van der Waals surface area contributed by atoms with Gasteiger partial charge in [-0.1, -0.05) is 140 Å². The topological polar surface area (TPSA) is 4.93 Å². The predicted octanol–water partition coefficient (Wildman–Crippen LogP) is 13.5. The van der Waals surface area contributed by atoms with Gasteiger partial charge < -0.3 is 4.57 Å². The molecule has 0 amide bonds. The van der Waals surface area contributed by atoms with Gasteiger partial charge in [0.2, 0.25) is 0 Å². The number of nitrogens with zero attached hydrogens (tertiary/aromatic N) is 1. The van der Waals surface area contributed by atoms with E-state index in [4.69, 9.17) is 0 Å². The number of thiophene rings is 2. The van der Waals surface area contributed by atoms with Crippen LogP contribution in [0.4, 0.5) is 0 Å². The van der Waals surface area contributed by atoms with Crippen molar-refractivity contribution < 1.29 is 0 Å². The summed E-state index contributed by atoms with van der Waals surface area (Å²) in [4.78, 5) is 0. The summed E-state index contributed by atoms with van der Waals surface area (Å²) >= 11 is 3.88. The third-order valence-corrected chi connectivity index (χ3v) is 12.5. The van der Waals surface area contributed by atoms with E-state index in [9.17, 15) is 0 Å². The zero-order valence-electron chi connectivity index (χ0n) is 25.2. The van der Waals surface area contributed by atoms with E-state index >= 15 is 0 Å². The minimum atomic E-state index is 1.25. The molecule has 1 nitrogen and oxygen atoms in total. The lowest BCUT2D eigenvalue weighted by molar-refractivity contribution is 1.23. The smallest absolute Gasteiger partial charge is 0.0829 e.